The maximum absolute atomic E-state index is 13.1. The molecule has 0 bridgehead atoms. The lowest BCUT2D eigenvalue weighted by Crippen LogP contribution is -2.17. The van der Waals surface area contributed by atoms with Gasteiger partial charge in [0.2, 0.25) is 0 Å². The molecule has 4 rings (SSSR count). The number of halogens is 1. The van der Waals surface area contributed by atoms with Gasteiger partial charge in [0.25, 0.3) is 5.56 Å². The van der Waals surface area contributed by atoms with Crippen LogP contribution in [0.3, 0.4) is 0 Å². The Hall–Kier alpha value is -4.27. The van der Waals surface area contributed by atoms with Gasteiger partial charge in [-0.25, -0.2) is 18.9 Å². The minimum Gasteiger partial charge on any atom is -0.444 e. The molecule has 0 radical (unpaired) electrons. The van der Waals surface area contributed by atoms with Crippen LogP contribution in [0.4, 0.5) is 14.9 Å². The van der Waals surface area contributed by atoms with Gasteiger partial charge in [-0.3, -0.25) is 20.2 Å². The Labute approximate surface area is 170 Å². The summed E-state index contributed by atoms with van der Waals surface area (Å²) in [6.07, 6.45) is 5.62. The van der Waals surface area contributed by atoms with Gasteiger partial charge in [0.1, 0.15) is 12.4 Å². The van der Waals surface area contributed by atoms with Crippen molar-refractivity contribution in [3.05, 3.63) is 95.1 Å². The molecule has 3 heterocycles. The average molecular weight is 405 g/mol. The molecule has 30 heavy (non-hydrogen) atoms. The molecule has 0 aliphatic carbocycles. The first kappa shape index (κ1) is 19.1. The smallest absolute Gasteiger partial charge is 0.411 e. The van der Waals surface area contributed by atoms with E-state index in [1.807, 2.05) is 0 Å². The van der Waals surface area contributed by atoms with Crippen molar-refractivity contribution >= 4 is 11.8 Å². The van der Waals surface area contributed by atoms with E-state index in [0.29, 0.717) is 28.2 Å². The molecule has 150 valence electrons. The van der Waals surface area contributed by atoms with Gasteiger partial charge in [-0.05, 0) is 30.3 Å². The average Bonchev–Trinajstić information content (AvgIpc) is 3.14. The van der Waals surface area contributed by atoms with E-state index in [4.69, 9.17) is 4.74 Å². The fraction of sp³-hybridized carbons (Fsp3) is 0.0476. The van der Waals surface area contributed by atoms with Gasteiger partial charge in [0, 0.05) is 41.6 Å². The highest BCUT2D eigenvalue weighted by Gasteiger charge is 2.11. The Morgan fingerprint density at radius 1 is 1.17 bits per heavy atom. The standard InChI is InChI=1S/C21H16FN5O3/c22-16-4-1-5-17(9-16)26-21(29)30-13-14-6-7-19(24-10-14)27-20(28)18(12-25-27)15-3-2-8-23-11-15/h1-12,25H,13H2,(H,26,29). The second-order valence-corrected chi connectivity index (χ2v) is 6.31. The minimum atomic E-state index is -0.716. The number of hydrogen-bond acceptors (Lipinski definition) is 5. The first-order valence-electron chi connectivity index (χ1n) is 8.95. The van der Waals surface area contributed by atoms with Crippen LogP contribution >= 0.6 is 0 Å². The third kappa shape index (κ3) is 4.25. The summed E-state index contributed by atoms with van der Waals surface area (Å²) >= 11 is 0. The Bertz CT molecular complexity index is 1220. The van der Waals surface area contributed by atoms with Crippen molar-refractivity contribution in [3.8, 4) is 16.9 Å². The summed E-state index contributed by atoms with van der Waals surface area (Å²) in [4.78, 5) is 32.7. The minimum absolute atomic E-state index is 0.0327. The zero-order valence-corrected chi connectivity index (χ0v) is 15.6. The van der Waals surface area contributed by atoms with Crippen LogP contribution in [-0.2, 0) is 11.3 Å². The van der Waals surface area contributed by atoms with Gasteiger partial charge in [-0.1, -0.05) is 18.2 Å². The largest absolute Gasteiger partial charge is 0.444 e. The number of aromatic amines is 1. The molecule has 1 aromatic carbocycles. The molecule has 0 spiro atoms. The lowest BCUT2D eigenvalue weighted by Gasteiger charge is -2.07. The maximum atomic E-state index is 13.1. The number of carbonyl (C=O) groups is 1. The van der Waals surface area contributed by atoms with E-state index in [9.17, 15) is 14.0 Å². The summed E-state index contributed by atoms with van der Waals surface area (Å²) in [5, 5.41) is 5.32. The lowest BCUT2D eigenvalue weighted by atomic mass is 10.2. The highest BCUT2D eigenvalue weighted by Crippen LogP contribution is 2.14. The fourth-order valence-corrected chi connectivity index (χ4v) is 2.77. The molecule has 0 saturated carbocycles. The van der Waals surface area contributed by atoms with Crippen molar-refractivity contribution < 1.29 is 13.9 Å². The first-order chi connectivity index (χ1) is 14.6. The van der Waals surface area contributed by atoms with Crippen molar-refractivity contribution in [1.29, 1.82) is 0 Å². The molecule has 8 nitrogen and oxygen atoms in total. The molecule has 4 aromatic rings. The fourth-order valence-electron chi connectivity index (χ4n) is 2.77. The van der Waals surface area contributed by atoms with E-state index in [1.54, 1.807) is 48.9 Å². The van der Waals surface area contributed by atoms with Gasteiger partial charge in [-0.2, -0.15) is 0 Å². The summed E-state index contributed by atoms with van der Waals surface area (Å²) in [6, 6.07) is 12.4. The number of nitrogens with zero attached hydrogens (tertiary/aromatic N) is 3. The molecule has 1 amide bonds. The summed E-state index contributed by atoms with van der Waals surface area (Å²) in [7, 11) is 0. The van der Waals surface area contributed by atoms with E-state index >= 15 is 0 Å². The van der Waals surface area contributed by atoms with Crippen molar-refractivity contribution in [2.45, 2.75) is 6.61 Å². The lowest BCUT2D eigenvalue weighted by molar-refractivity contribution is 0.155. The van der Waals surface area contributed by atoms with E-state index in [0.717, 1.165) is 0 Å². The summed E-state index contributed by atoms with van der Waals surface area (Å²) in [5.41, 5.74) is 1.84. The zero-order chi connectivity index (χ0) is 20.9. The third-order valence-corrected chi connectivity index (χ3v) is 4.22. The Morgan fingerprint density at radius 3 is 2.80 bits per heavy atom. The summed E-state index contributed by atoms with van der Waals surface area (Å²) in [6.45, 7) is -0.0327. The van der Waals surface area contributed by atoms with Crippen molar-refractivity contribution in [3.63, 3.8) is 0 Å². The van der Waals surface area contributed by atoms with E-state index in [2.05, 4.69) is 20.4 Å². The van der Waals surface area contributed by atoms with E-state index in [1.165, 1.54) is 29.1 Å². The molecular formula is C21H16FN5O3. The Morgan fingerprint density at radius 2 is 2.07 bits per heavy atom. The SMILES string of the molecule is O=C(Nc1cccc(F)c1)OCc1ccc(-n2[nH]cc(-c3cccnc3)c2=O)nc1. The second-order valence-electron chi connectivity index (χ2n) is 6.31. The van der Waals surface area contributed by atoms with Gasteiger partial charge in [-0.15, -0.1) is 0 Å². The number of amides is 1. The van der Waals surface area contributed by atoms with Crippen LogP contribution in [0.25, 0.3) is 16.9 Å². The number of anilines is 1. The number of pyridine rings is 2. The molecule has 0 aliphatic heterocycles. The van der Waals surface area contributed by atoms with Crippen LogP contribution in [0.5, 0.6) is 0 Å². The molecule has 9 heteroatoms. The van der Waals surface area contributed by atoms with Crippen LogP contribution in [0.2, 0.25) is 0 Å². The Kier molecular flexibility index (Phi) is 5.33. The number of rotatable bonds is 5. The summed E-state index contributed by atoms with van der Waals surface area (Å²) < 4.78 is 19.6. The molecule has 0 saturated heterocycles. The highest BCUT2D eigenvalue weighted by atomic mass is 19.1. The summed E-state index contributed by atoms with van der Waals surface area (Å²) in [5.74, 6) is -0.0677. The van der Waals surface area contributed by atoms with Gasteiger partial charge in [0.15, 0.2) is 5.82 Å². The molecule has 0 aliphatic rings. The van der Waals surface area contributed by atoms with Crippen LogP contribution < -0.4 is 10.9 Å². The van der Waals surface area contributed by atoms with Gasteiger partial charge >= 0.3 is 6.09 Å². The van der Waals surface area contributed by atoms with Crippen LogP contribution in [0.1, 0.15) is 5.56 Å². The quantitative estimate of drug-likeness (QED) is 0.529. The van der Waals surface area contributed by atoms with E-state index in [-0.39, 0.29) is 12.2 Å². The number of benzene rings is 1. The van der Waals surface area contributed by atoms with Crippen molar-refractivity contribution in [1.82, 2.24) is 19.7 Å². The predicted molar refractivity (Wildman–Crippen MR) is 108 cm³/mol. The number of ether oxygens (including phenoxy) is 1. The number of nitrogens with one attached hydrogen (secondary N) is 2. The highest BCUT2D eigenvalue weighted by molar-refractivity contribution is 5.84. The number of hydrogen-bond donors (Lipinski definition) is 2. The molecule has 0 atom stereocenters. The normalized spacial score (nSPS) is 10.6. The van der Waals surface area contributed by atoms with Crippen LogP contribution in [0.15, 0.2) is 78.1 Å². The van der Waals surface area contributed by atoms with Crippen molar-refractivity contribution in [2.75, 3.05) is 5.32 Å². The number of aromatic nitrogens is 4. The second kappa shape index (κ2) is 8.39. The zero-order valence-electron chi connectivity index (χ0n) is 15.6. The Balaban J connectivity index is 1.41. The van der Waals surface area contributed by atoms with Crippen LogP contribution in [0, 0.1) is 5.82 Å². The molecule has 2 N–H and O–H groups in total. The number of carbonyl (C=O) groups excluding carboxylic acids is 1. The first-order valence-corrected chi connectivity index (χ1v) is 8.95. The van der Waals surface area contributed by atoms with Crippen molar-refractivity contribution in [2.24, 2.45) is 0 Å². The monoisotopic (exact) mass is 405 g/mol. The third-order valence-electron chi connectivity index (χ3n) is 4.22. The molecule has 0 unspecified atom stereocenters. The topological polar surface area (TPSA) is 102 Å². The maximum Gasteiger partial charge on any atom is 0.411 e. The molecule has 3 aromatic heterocycles. The van der Waals surface area contributed by atoms with Gasteiger partial charge < -0.3 is 4.74 Å². The number of H-pyrrole nitrogens is 1. The van der Waals surface area contributed by atoms with E-state index < -0.39 is 11.9 Å². The van der Waals surface area contributed by atoms with Gasteiger partial charge in [0.05, 0.1) is 5.56 Å². The predicted octanol–water partition coefficient (Wildman–Crippen LogP) is 3.51. The molecular weight excluding hydrogens is 389 g/mol. The molecule has 0 fully saturated rings. The van der Waals surface area contributed by atoms with Crippen LogP contribution in [-0.4, -0.2) is 25.8 Å².